The lowest BCUT2D eigenvalue weighted by molar-refractivity contribution is 0.0920. The fourth-order valence-corrected chi connectivity index (χ4v) is 3.74. The van der Waals surface area contributed by atoms with E-state index in [1.807, 2.05) is 4.90 Å². The van der Waals surface area contributed by atoms with Crippen molar-refractivity contribution in [3.63, 3.8) is 0 Å². The first-order chi connectivity index (χ1) is 10.9. The minimum absolute atomic E-state index is 0.0728. The Balaban J connectivity index is 1.88. The van der Waals surface area contributed by atoms with Crippen LogP contribution in [0.1, 0.15) is 20.8 Å². The van der Waals surface area contributed by atoms with Gasteiger partial charge < -0.3 is 5.73 Å². The second-order valence-electron chi connectivity index (χ2n) is 5.72. The van der Waals surface area contributed by atoms with Gasteiger partial charge in [0.1, 0.15) is 11.4 Å². The average molecular weight is 334 g/mol. The summed E-state index contributed by atoms with van der Waals surface area (Å²) in [6.07, 6.45) is 0.904. The van der Waals surface area contributed by atoms with Gasteiger partial charge in [-0.1, -0.05) is 0 Å². The van der Waals surface area contributed by atoms with Gasteiger partial charge in [0.05, 0.1) is 6.54 Å². The lowest BCUT2D eigenvalue weighted by atomic mass is 10.1. The summed E-state index contributed by atoms with van der Waals surface area (Å²) in [5.41, 5.74) is 5.78. The summed E-state index contributed by atoms with van der Waals surface area (Å²) >= 11 is 1.73. The smallest absolute Gasteiger partial charge is 0.332 e. The number of rotatable bonds is 3. The first-order valence-corrected chi connectivity index (χ1v) is 8.14. The van der Waals surface area contributed by atoms with Gasteiger partial charge in [-0.15, -0.1) is 11.3 Å². The Hall–Kier alpha value is -2.19. The Morgan fingerprint density at radius 1 is 1.30 bits per heavy atom. The van der Waals surface area contributed by atoms with Crippen LogP contribution in [0.5, 0.6) is 0 Å². The molecule has 0 fully saturated rings. The normalized spacial score (nSPS) is 14.7. The van der Waals surface area contributed by atoms with Crippen molar-refractivity contribution in [2.24, 2.45) is 14.1 Å². The van der Waals surface area contributed by atoms with Crippen LogP contribution in [0.15, 0.2) is 21.0 Å². The van der Waals surface area contributed by atoms with Crippen molar-refractivity contribution in [1.82, 2.24) is 14.0 Å². The zero-order valence-corrected chi connectivity index (χ0v) is 13.9. The van der Waals surface area contributed by atoms with Crippen molar-refractivity contribution in [1.29, 1.82) is 0 Å². The lowest BCUT2D eigenvalue weighted by Gasteiger charge is -2.26. The second kappa shape index (κ2) is 5.78. The molecule has 7 nitrogen and oxygen atoms in total. The molecule has 0 saturated heterocycles. The molecule has 2 N–H and O–H groups in total. The highest BCUT2D eigenvalue weighted by Crippen LogP contribution is 2.24. The summed E-state index contributed by atoms with van der Waals surface area (Å²) in [4.78, 5) is 40.0. The number of carbonyl (C=O) groups is 1. The summed E-state index contributed by atoms with van der Waals surface area (Å²) in [7, 11) is 2.80. The molecule has 0 aliphatic carbocycles. The standard InChI is InChI=1S/C15H18N4O3S/c1-17-13(16)12(14(21)18(2)15(17)22)10(20)8-19-5-3-11-9(7-19)4-6-23-11/h4,6H,3,5,7-8,16H2,1-2H3. The SMILES string of the molecule is Cn1c(N)c(C(=O)CN2CCc3sccc3C2)c(=O)n(C)c1=O. The maximum absolute atomic E-state index is 12.6. The number of thiophene rings is 1. The van der Waals surface area contributed by atoms with E-state index in [0.29, 0.717) is 6.54 Å². The molecule has 0 unspecified atom stereocenters. The number of anilines is 1. The fraction of sp³-hybridized carbons (Fsp3) is 0.400. The molecule has 2 aromatic heterocycles. The number of ketones is 1. The zero-order chi connectivity index (χ0) is 16.7. The lowest BCUT2D eigenvalue weighted by Crippen LogP contribution is -2.43. The van der Waals surface area contributed by atoms with Crippen LogP contribution in [0.2, 0.25) is 0 Å². The van der Waals surface area contributed by atoms with Gasteiger partial charge in [-0.2, -0.15) is 0 Å². The average Bonchev–Trinajstić information content (AvgIpc) is 2.99. The largest absolute Gasteiger partial charge is 0.384 e. The van der Waals surface area contributed by atoms with E-state index in [1.165, 1.54) is 24.5 Å². The van der Waals surface area contributed by atoms with Crippen LogP contribution in [-0.2, 0) is 27.1 Å². The van der Waals surface area contributed by atoms with E-state index in [0.717, 1.165) is 22.1 Å². The number of hydrogen-bond acceptors (Lipinski definition) is 6. The number of hydrogen-bond donors (Lipinski definition) is 1. The van der Waals surface area contributed by atoms with E-state index in [1.54, 1.807) is 11.3 Å². The van der Waals surface area contributed by atoms with Crippen LogP contribution >= 0.6 is 11.3 Å². The van der Waals surface area contributed by atoms with Gasteiger partial charge in [0, 0.05) is 32.1 Å². The Bertz CT molecular complexity index is 893. The molecule has 1 aliphatic rings. The summed E-state index contributed by atoms with van der Waals surface area (Å²) < 4.78 is 2.04. The number of carbonyl (C=O) groups excluding carboxylic acids is 1. The van der Waals surface area contributed by atoms with Crippen molar-refractivity contribution in [2.75, 3.05) is 18.8 Å². The molecular weight excluding hydrogens is 316 g/mol. The summed E-state index contributed by atoms with van der Waals surface area (Å²) in [5.74, 6) is -0.422. The molecule has 23 heavy (non-hydrogen) atoms. The van der Waals surface area contributed by atoms with E-state index >= 15 is 0 Å². The number of Topliss-reactive ketones (excluding diaryl/α,β-unsaturated/α-hetero) is 1. The quantitative estimate of drug-likeness (QED) is 0.796. The van der Waals surface area contributed by atoms with Crippen LogP contribution in [0.4, 0.5) is 5.82 Å². The zero-order valence-electron chi connectivity index (χ0n) is 13.0. The van der Waals surface area contributed by atoms with Gasteiger partial charge in [-0.3, -0.25) is 23.6 Å². The predicted octanol–water partition coefficient (Wildman–Crippen LogP) is -0.0313. The highest BCUT2D eigenvalue weighted by molar-refractivity contribution is 7.10. The van der Waals surface area contributed by atoms with Gasteiger partial charge in [0.25, 0.3) is 5.56 Å². The van der Waals surface area contributed by atoms with E-state index in [2.05, 4.69) is 11.4 Å². The van der Waals surface area contributed by atoms with E-state index in [-0.39, 0.29) is 23.7 Å². The van der Waals surface area contributed by atoms with E-state index in [9.17, 15) is 14.4 Å². The van der Waals surface area contributed by atoms with Gasteiger partial charge in [0.2, 0.25) is 0 Å². The topological polar surface area (TPSA) is 90.3 Å². The third kappa shape index (κ3) is 2.64. The van der Waals surface area contributed by atoms with Crippen molar-refractivity contribution >= 4 is 22.9 Å². The number of nitrogens with zero attached hydrogens (tertiary/aromatic N) is 3. The van der Waals surface area contributed by atoms with Crippen LogP contribution in [-0.4, -0.2) is 32.9 Å². The van der Waals surface area contributed by atoms with Crippen LogP contribution < -0.4 is 17.0 Å². The molecular formula is C15H18N4O3S. The number of fused-ring (bicyclic) bond motifs is 1. The molecule has 122 valence electrons. The molecule has 0 atom stereocenters. The third-order valence-electron chi connectivity index (χ3n) is 4.24. The van der Waals surface area contributed by atoms with Gasteiger partial charge in [-0.25, -0.2) is 4.79 Å². The minimum atomic E-state index is -0.635. The minimum Gasteiger partial charge on any atom is -0.384 e. The van der Waals surface area contributed by atoms with Gasteiger partial charge in [-0.05, 0) is 23.4 Å². The highest BCUT2D eigenvalue weighted by atomic mass is 32.1. The Labute approximate surface area is 136 Å². The second-order valence-corrected chi connectivity index (χ2v) is 6.72. The number of aromatic nitrogens is 2. The Morgan fingerprint density at radius 3 is 2.78 bits per heavy atom. The number of nitrogen functional groups attached to an aromatic ring is 1. The Kier molecular flexibility index (Phi) is 3.95. The van der Waals surface area contributed by atoms with E-state index < -0.39 is 11.2 Å². The molecule has 0 radical (unpaired) electrons. The number of nitrogens with two attached hydrogens (primary N) is 1. The summed E-state index contributed by atoms with van der Waals surface area (Å²) in [6, 6.07) is 2.07. The highest BCUT2D eigenvalue weighted by Gasteiger charge is 2.24. The summed E-state index contributed by atoms with van der Waals surface area (Å²) in [5, 5.41) is 2.05. The maximum atomic E-state index is 12.6. The molecule has 3 rings (SSSR count). The van der Waals surface area contributed by atoms with Crippen molar-refractivity contribution in [2.45, 2.75) is 13.0 Å². The molecule has 0 bridgehead atoms. The Morgan fingerprint density at radius 2 is 2.04 bits per heavy atom. The maximum Gasteiger partial charge on any atom is 0.332 e. The molecule has 0 saturated carbocycles. The molecule has 8 heteroatoms. The fourth-order valence-electron chi connectivity index (χ4n) is 2.85. The molecule has 0 spiro atoms. The van der Waals surface area contributed by atoms with Gasteiger partial charge in [0.15, 0.2) is 5.78 Å². The first kappa shape index (κ1) is 15.7. The molecule has 1 aliphatic heterocycles. The molecule has 0 amide bonds. The van der Waals surface area contributed by atoms with Crippen molar-refractivity contribution < 1.29 is 4.79 Å². The summed E-state index contributed by atoms with van der Waals surface area (Å²) in [6.45, 7) is 1.58. The third-order valence-corrected chi connectivity index (χ3v) is 5.27. The first-order valence-electron chi connectivity index (χ1n) is 7.26. The van der Waals surface area contributed by atoms with Crippen molar-refractivity contribution in [3.05, 3.63) is 48.3 Å². The molecule has 3 heterocycles. The van der Waals surface area contributed by atoms with Crippen LogP contribution in [0.3, 0.4) is 0 Å². The van der Waals surface area contributed by atoms with Crippen LogP contribution in [0.25, 0.3) is 0 Å². The molecule has 0 aromatic carbocycles. The van der Waals surface area contributed by atoms with E-state index in [4.69, 9.17) is 5.73 Å². The predicted molar refractivity (Wildman–Crippen MR) is 89.0 cm³/mol. The van der Waals surface area contributed by atoms with Crippen LogP contribution in [0, 0.1) is 0 Å². The van der Waals surface area contributed by atoms with Crippen molar-refractivity contribution in [3.8, 4) is 0 Å². The monoisotopic (exact) mass is 334 g/mol. The van der Waals surface area contributed by atoms with Gasteiger partial charge >= 0.3 is 5.69 Å². The molecule has 2 aromatic rings.